The Morgan fingerprint density at radius 1 is 0.453 bits per heavy atom. The maximum absolute atomic E-state index is 6.77. The van der Waals surface area contributed by atoms with Crippen LogP contribution >= 0.6 is 0 Å². The lowest BCUT2D eigenvalue weighted by molar-refractivity contribution is 0.670. The zero-order valence-electron chi connectivity index (χ0n) is 28.8. The number of aromatic nitrogens is 3. The Balaban J connectivity index is 1.16. The van der Waals surface area contributed by atoms with Crippen LogP contribution in [0.3, 0.4) is 0 Å². The molecule has 0 radical (unpaired) electrons. The molecule has 0 spiro atoms. The van der Waals surface area contributed by atoms with Crippen molar-refractivity contribution < 1.29 is 4.42 Å². The number of benzene rings is 8. The molecule has 4 heteroatoms. The Morgan fingerprint density at radius 2 is 1.13 bits per heavy atom. The fourth-order valence-corrected chi connectivity index (χ4v) is 8.14. The molecule has 2 aromatic heterocycles. The van der Waals surface area contributed by atoms with Gasteiger partial charge in [0.25, 0.3) is 0 Å². The minimum atomic E-state index is 0.594. The van der Waals surface area contributed by atoms with Crippen molar-refractivity contribution in [1.82, 2.24) is 15.0 Å². The molecule has 0 saturated carbocycles. The van der Waals surface area contributed by atoms with Gasteiger partial charge in [-0.25, -0.2) is 15.0 Å². The van der Waals surface area contributed by atoms with Crippen LogP contribution in [0.2, 0.25) is 0 Å². The summed E-state index contributed by atoms with van der Waals surface area (Å²) in [7, 11) is 0. The van der Waals surface area contributed by atoms with Crippen LogP contribution in [-0.2, 0) is 0 Å². The minimum Gasteiger partial charge on any atom is -0.455 e. The fourth-order valence-electron chi connectivity index (χ4n) is 8.14. The van der Waals surface area contributed by atoms with E-state index in [1.54, 1.807) is 0 Å². The van der Waals surface area contributed by atoms with Gasteiger partial charge in [-0.3, -0.25) is 0 Å². The quantitative estimate of drug-likeness (QED) is 0.174. The summed E-state index contributed by atoms with van der Waals surface area (Å²) in [5.41, 5.74) is 6.70. The van der Waals surface area contributed by atoms with Crippen molar-refractivity contribution in [3.8, 4) is 33.9 Å². The minimum absolute atomic E-state index is 0.594. The van der Waals surface area contributed by atoms with E-state index in [1.165, 1.54) is 32.3 Å². The lowest BCUT2D eigenvalue weighted by Crippen LogP contribution is -2.04. The molecule has 11 rings (SSSR count). The molecular formula is C49H31N3O. The van der Waals surface area contributed by atoms with Gasteiger partial charge in [0.2, 0.25) is 0 Å². The highest BCUT2D eigenvalue weighted by atomic mass is 16.3. The van der Waals surface area contributed by atoms with Gasteiger partial charge in [-0.15, -0.1) is 0 Å². The largest absolute Gasteiger partial charge is 0.455 e. The van der Waals surface area contributed by atoms with Crippen LogP contribution in [0.1, 0.15) is 18.7 Å². The summed E-state index contributed by atoms with van der Waals surface area (Å²) in [4.78, 5) is 15.6. The van der Waals surface area contributed by atoms with E-state index < -0.39 is 0 Å². The molecule has 0 aliphatic heterocycles. The Hall–Kier alpha value is -6.91. The summed E-state index contributed by atoms with van der Waals surface area (Å²) in [6.45, 7) is 0. The van der Waals surface area contributed by atoms with E-state index in [1.807, 2.05) is 0 Å². The number of nitrogens with zero attached hydrogens (tertiary/aromatic N) is 3. The lowest BCUT2D eigenvalue weighted by atomic mass is 9.96. The van der Waals surface area contributed by atoms with Crippen molar-refractivity contribution in [2.24, 2.45) is 0 Å². The summed E-state index contributed by atoms with van der Waals surface area (Å²) in [6.07, 6.45) is 8.24. The monoisotopic (exact) mass is 677 g/mol. The predicted octanol–water partition coefficient (Wildman–Crippen LogP) is 13.1. The summed E-state index contributed by atoms with van der Waals surface area (Å²) in [6, 6.07) is 51.7. The number of furan rings is 1. The Kier molecular flexibility index (Phi) is 6.65. The molecule has 0 N–H and O–H groups in total. The zero-order valence-corrected chi connectivity index (χ0v) is 28.8. The molecule has 1 aliphatic rings. The number of fused-ring (bicyclic) bond motifs is 10. The number of hydrogen-bond acceptors (Lipinski definition) is 4. The van der Waals surface area contributed by atoms with Gasteiger partial charge in [0.1, 0.15) is 11.2 Å². The van der Waals surface area contributed by atoms with Gasteiger partial charge >= 0.3 is 0 Å². The SMILES string of the molecule is C1=CCCC(c2nc(-c3ccc4c(ccc5c6ccccc6ccc45)c3)nc(-c3cc(-c4ccccc4)cc4c3oc3ccc5ccccc5c34)n2)=C1. The van der Waals surface area contributed by atoms with Crippen LogP contribution in [0.5, 0.6) is 0 Å². The van der Waals surface area contributed by atoms with Crippen molar-refractivity contribution in [3.05, 3.63) is 170 Å². The van der Waals surface area contributed by atoms with Crippen molar-refractivity contribution in [1.29, 1.82) is 0 Å². The second-order valence-corrected chi connectivity index (χ2v) is 13.9. The molecule has 2 heterocycles. The molecule has 0 unspecified atom stereocenters. The molecular weight excluding hydrogens is 647 g/mol. The van der Waals surface area contributed by atoms with Crippen LogP contribution in [0.15, 0.2) is 168 Å². The van der Waals surface area contributed by atoms with Gasteiger partial charge in [0.05, 0.1) is 5.56 Å². The van der Waals surface area contributed by atoms with E-state index in [0.717, 1.165) is 73.4 Å². The molecule has 248 valence electrons. The third kappa shape index (κ3) is 4.87. The van der Waals surface area contributed by atoms with Crippen LogP contribution < -0.4 is 0 Å². The molecule has 4 nitrogen and oxygen atoms in total. The van der Waals surface area contributed by atoms with Crippen molar-refractivity contribution in [3.63, 3.8) is 0 Å². The summed E-state index contributed by atoms with van der Waals surface area (Å²) in [5.74, 6) is 1.93. The van der Waals surface area contributed by atoms with E-state index >= 15 is 0 Å². The highest BCUT2D eigenvalue weighted by molar-refractivity contribution is 6.21. The first-order valence-corrected chi connectivity index (χ1v) is 18.2. The summed E-state index contributed by atoms with van der Waals surface area (Å²) >= 11 is 0. The molecule has 1 aliphatic carbocycles. The van der Waals surface area contributed by atoms with E-state index in [0.29, 0.717) is 17.5 Å². The topological polar surface area (TPSA) is 51.8 Å². The predicted molar refractivity (Wildman–Crippen MR) is 220 cm³/mol. The third-order valence-electron chi connectivity index (χ3n) is 10.7. The highest BCUT2D eigenvalue weighted by Gasteiger charge is 2.21. The third-order valence-corrected chi connectivity index (χ3v) is 10.7. The van der Waals surface area contributed by atoms with Gasteiger partial charge < -0.3 is 4.42 Å². The van der Waals surface area contributed by atoms with Crippen molar-refractivity contribution in [2.75, 3.05) is 0 Å². The van der Waals surface area contributed by atoms with Gasteiger partial charge in [0.15, 0.2) is 17.5 Å². The maximum Gasteiger partial charge on any atom is 0.167 e. The molecule has 0 atom stereocenters. The molecule has 0 fully saturated rings. The van der Waals surface area contributed by atoms with Gasteiger partial charge in [0, 0.05) is 16.3 Å². The fraction of sp³-hybridized carbons (Fsp3) is 0.0408. The number of allylic oxidation sites excluding steroid dienone is 4. The standard InChI is InChI=1S/C49H31N3O/c1-3-11-30(12-4-1)36-28-42-45-39-18-10-8-14-32(39)22-26-44(45)53-46(42)43(29-36)49-51-47(33-15-5-2-6-16-33)50-48(52-49)35-21-23-38-34(27-35)20-25-40-37-17-9-7-13-31(37)19-24-41(38)40/h1-5,7-15,17-29H,6,16H2. The first-order chi connectivity index (χ1) is 26.2. The normalized spacial score (nSPS) is 13.2. The summed E-state index contributed by atoms with van der Waals surface area (Å²) in [5, 5.41) is 11.8. The molecule has 10 aromatic rings. The average Bonchev–Trinajstić information content (AvgIpc) is 3.62. The Morgan fingerprint density at radius 3 is 1.96 bits per heavy atom. The Bertz CT molecular complexity index is 3170. The molecule has 53 heavy (non-hydrogen) atoms. The molecule has 0 saturated heterocycles. The van der Waals surface area contributed by atoms with Crippen molar-refractivity contribution in [2.45, 2.75) is 12.8 Å². The van der Waals surface area contributed by atoms with Crippen LogP contribution in [0.25, 0.3) is 105 Å². The summed E-state index contributed by atoms with van der Waals surface area (Å²) < 4.78 is 6.77. The van der Waals surface area contributed by atoms with Gasteiger partial charge in [-0.05, 0) is 96.9 Å². The Labute approximate surface area is 305 Å². The van der Waals surface area contributed by atoms with Gasteiger partial charge in [-0.1, -0.05) is 140 Å². The smallest absolute Gasteiger partial charge is 0.167 e. The number of hydrogen-bond donors (Lipinski definition) is 0. The van der Waals surface area contributed by atoms with E-state index in [9.17, 15) is 0 Å². The highest BCUT2D eigenvalue weighted by Crippen LogP contribution is 2.42. The second-order valence-electron chi connectivity index (χ2n) is 13.9. The molecule has 0 amide bonds. The van der Waals surface area contributed by atoms with E-state index in [-0.39, 0.29) is 0 Å². The van der Waals surface area contributed by atoms with Crippen LogP contribution in [0.4, 0.5) is 0 Å². The zero-order chi connectivity index (χ0) is 34.9. The molecule has 0 bridgehead atoms. The first-order valence-electron chi connectivity index (χ1n) is 18.2. The van der Waals surface area contributed by atoms with Crippen LogP contribution in [-0.4, -0.2) is 15.0 Å². The first kappa shape index (κ1) is 29.8. The van der Waals surface area contributed by atoms with Gasteiger partial charge in [-0.2, -0.15) is 0 Å². The van der Waals surface area contributed by atoms with Crippen LogP contribution in [0, 0.1) is 0 Å². The average molecular weight is 678 g/mol. The molecule has 8 aromatic carbocycles. The lowest BCUT2D eigenvalue weighted by Gasteiger charge is -2.13. The maximum atomic E-state index is 6.77. The van der Waals surface area contributed by atoms with E-state index in [2.05, 4.69) is 164 Å². The van der Waals surface area contributed by atoms with E-state index in [4.69, 9.17) is 19.4 Å². The number of rotatable bonds is 4. The van der Waals surface area contributed by atoms with Crippen molar-refractivity contribution >= 4 is 70.6 Å². The second kappa shape index (κ2) is 11.8.